The third-order valence-electron chi connectivity index (χ3n) is 2.62. The standard InChI is InChI=1S/C12H17NO2/c1-4-12(3,11(14)15)13-10-7-5-6-9(2)8-10/h5-8,13H,4H2,1-3H3,(H,14,15). The van der Waals surface area contributed by atoms with Gasteiger partial charge in [-0.15, -0.1) is 0 Å². The Morgan fingerprint density at radius 3 is 2.67 bits per heavy atom. The molecule has 0 heterocycles. The van der Waals surface area contributed by atoms with Gasteiger partial charge in [-0.2, -0.15) is 0 Å². The zero-order valence-electron chi connectivity index (χ0n) is 9.37. The third kappa shape index (κ3) is 2.72. The molecule has 3 nitrogen and oxygen atoms in total. The maximum atomic E-state index is 11.1. The van der Waals surface area contributed by atoms with Gasteiger partial charge in [-0.25, -0.2) is 4.79 Å². The number of anilines is 1. The topological polar surface area (TPSA) is 49.3 Å². The first-order valence-corrected chi connectivity index (χ1v) is 5.06. The maximum Gasteiger partial charge on any atom is 0.329 e. The van der Waals surface area contributed by atoms with Crippen LogP contribution in [0.3, 0.4) is 0 Å². The highest BCUT2D eigenvalue weighted by molar-refractivity contribution is 5.82. The maximum absolute atomic E-state index is 11.1. The fourth-order valence-electron chi connectivity index (χ4n) is 1.33. The number of nitrogens with one attached hydrogen (secondary N) is 1. The summed E-state index contributed by atoms with van der Waals surface area (Å²) in [4.78, 5) is 11.1. The molecule has 1 aromatic rings. The fraction of sp³-hybridized carbons (Fsp3) is 0.417. The molecule has 2 N–H and O–H groups in total. The molecule has 0 saturated carbocycles. The lowest BCUT2D eigenvalue weighted by atomic mass is 9.98. The lowest BCUT2D eigenvalue weighted by molar-refractivity contribution is -0.141. The van der Waals surface area contributed by atoms with Gasteiger partial charge in [-0.05, 0) is 38.0 Å². The van der Waals surface area contributed by atoms with E-state index in [1.807, 2.05) is 38.1 Å². The number of aliphatic carboxylic acids is 1. The molecule has 82 valence electrons. The molecule has 0 fully saturated rings. The molecule has 0 aromatic heterocycles. The summed E-state index contributed by atoms with van der Waals surface area (Å²) >= 11 is 0. The summed E-state index contributed by atoms with van der Waals surface area (Å²) in [6, 6.07) is 7.71. The van der Waals surface area contributed by atoms with Crippen LogP contribution in [0.2, 0.25) is 0 Å². The van der Waals surface area contributed by atoms with Crippen molar-refractivity contribution in [3.05, 3.63) is 29.8 Å². The monoisotopic (exact) mass is 207 g/mol. The van der Waals surface area contributed by atoms with Crippen molar-refractivity contribution in [1.29, 1.82) is 0 Å². The Morgan fingerprint density at radius 1 is 1.53 bits per heavy atom. The quantitative estimate of drug-likeness (QED) is 0.798. The Balaban J connectivity index is 2.89. The number of hydrogen-bond acceptors (Lipinski definition) is 2. The summed E-state index contributed by atoms with van der Waals surface area (Å²) in [5.74, 6) is -0.827. The molecule has 1 rings (SSSR count). The molecule has 0 spiro atoms. The number of hydrogen-bond donors (Lipinski definition) is 2. The zero-order valence-corrected chi connectivity index (χ0v) is 9.37. The molecule has 0 aliphatic carbocycles. The van der Waals surface area contributed by atoms with E-state index in [-0.39, 0.29) is 0 Å². The summed E-state index contributed by atoms with van der Waals surface area (Å²) in [7, 11) is 0. The van der Waals surface area contributed by atoms with Crippen molar-refractivity contribution in [3.63, 3.8) is 0 Å². The van der Waals surface area contributed by atoms with Gasteiger partial charge in [-0.1, -0.05) is 19.1 Å². The second-order valence-electron chi connectivity index (χ2n) is 3.99. The van der Waals surface area contributed by atoms with Gasteiger partial charge in [0.05, 0.1) is 0 Å². The Kier molecular flexibility index (Phi) is 3.35. The summed E-state index contributed by atoms with van der Waals surface area (Å²) in [5, 5.41) is 12.1. The van der Waals surface area contributed by atoms with E-state index in [2.05, 4.69) is 5.32 Å². The highest BCUT2D eigenvalue weighted by Crippen LogP contribution is 2.19. The summed E-state index contributed by atoms with van der Waals surface area (Å²) in [5.41, 5.74) is 1.07. The lowest BCUT2D eigenvalue weighted by Crippen LogP contribution is -2.42. The van der Waals surface area contributed by atoms with E-state index in [0.29, 0.717) is 6.42 Å². The first-order valence-electron chi connectivity index (χ1n) is 5.06. The predicted octanol–water partition coefficient (Wildman–Crippen LogP) is 2.66. The van der Waals surface area contributed by atoms with Crippen molar-refractivity contribution in [2.24, 2.45) is 0 Å². The number of carboxylic acid groups (broad SMARTS) is 1. The highest BCUT2D eigenvalue weighted by Gasteiger charge is 2.30. The lowest BCUT2D eigenvalue weighted by Gasteiger charge is -2.26. The van der Waals surface area contributed by atoms with Gasteiger partial charge in [0.2, 0.25) is 0 Å². The second-order valence-corrected chi connectivity index (χ2v) is 3.99. The van der Waals surface area contributed by atoms with Crippen LogP contribution in [0, 0.1) is 6.92 Å². The van der Waals surface area contributed by atoms with Gasteiger partial charge in [0.25, 0.3) is 0 Å². The highest BCUT2D eigenvalue weighted by atomic mass is 16.4. The molecule has 3 heteroatoms. The number of aryl methyl sites for hydroxylation is 1. The molecule has 0 radical (unpaired) electrons. The van der Waals surface area contributed by atoms with Crippen LogP contribution in [-0.4, -0.2) is 16.6 Å². The molecule has 0 saturated heterocycles. The molecule has 15 heavy (non-hydrogen) atoms. The minimum Gasteiger partial charge on any atom is -0.480 e. The Hall–Kier alpha value is -1.51. The molecular formula is C12H17NO2. The van der Waals surface area contributed by atoms with Gasteiger partial charge < -0.3 is 10.4 Å². The van der Waals surface area contributed by atoms with Crippen molar-refractivity contribution in [2.75, 3.05) is 5.32 Å². The van der Waals surface area contributed by atoms with Crippen LogP contribution in [0.4, 0.5) is 5.69 Å². The van der Waals surface area contributed by atoms with Gasteiger partial charge in [0.1, 0.15) is 5.54 Å². The van der Waals surface area contributed by atoms with Gasteiger partial charge in [0.15, 0.2) is 0 Å². The van der Waals surface area contributed by atoms with Crippen molar-refractivity contribution < 1.29 is 9.90 Å². The van der Waals surface area contributed by atoms with E-state index in [1.165, 1.54) is 0 Å². The SMILES string of the molecule is CCC(C)(Nc1cccc(C)c1)C(=O)O. The van der Waals surface area contributed by atoms with E-state index in [4.69, 9.17) is 5.11 Å². The van der Waals surface area contributed by atoms with E-state index in [0.717, 1.165) is 11.3 Å². The molecular weight excluding hydrogens is 190 g/mol. The molecule has 0 aliphatic rings. The molecule has 1 unspecified atom stereocenters. The van der Waals surface area contributed by atoms with Gasteiger partial charge in [0, 0.05) is 5.69 Å². The Labute approximate surface area is 90.1 Å². The summed E-state index contributed by atoms with van der Waals surface area (Å²) < 4.78 is 0. The minimum atomic E-state index is -0.895. The van der Waals surface area contributed by atoms with Crippen LogP contribution < -0.4 is 5.32 Å². The van der Waals surface area contributed by atoms with Crippen LogP contribution >= 0.6 is 0 Å². The normalized spacial score (nSPS) is 14.3. The molecule has 0 bridgehead atoms. The third-order valence-corrected chi connectivity index (χ3v) is 2.62. The van der Waals surface area contributed by atoms with E-state index in [1.54, 1.807) is 6.92 Å². The average Bonchev–Trinajstić information content (AvgIpc) is 2.17. The van der Waals surface area contributed by atoms with Crippen molar-refractivity contribution >= 4 is 11.7 Å². The van der Waals surface area contributed by atoms with Gasteiger partial charge >= 0.3 is 5.97 Å². The van der Waals surface area contributed by atoms with Crippen molar-refractivity contribution in [2.45, 2.75) is 32.7 Å². The smallest absolute Gasteiger partial charge is 0.329 e. The first kappa shape index (κ1) is 11.6. The van der Waals surface area contributed by atoms with Crippen LogP contribution in [0.25, 0.3) is 0 Å². The van der Waals surface area contributed by atoms with Crippen molar-refractivity contribution in [3.8, 4) is 0 Å². The fourth-order valence-corrected chi connectivity index (χ4v) is 1.33. The average molecular weight is 207 g/mol. The number of carboxylic acids is 1. The largest absolute Gasteiger partial charge is 0.480 e. The van der Waals surface area contributed by atoms with E-state index >= 15 is 0 Å². The van der Waals surface area contributed by atoms with Crippen LogP contribution in [-0.2, 0) is 4.79 Å². The first-order chi connectivity index (χ1) is 6.98. The summed E-state index contributed by atoms with van der Waals surface area (Å²) in [6.45, 7) is 5.53. The van der Waals surface area contributed by atoms with Crippen molar-refractivity contribution in [1.82, 2.24) is 0 Å². The van der Waals surface area contributed by atoms with E-state index in [9.17, 15) is 4.79 Å². The molecule has 0 amide bonds. The van der Waals surface area contributed by atoms with Crippen LogP contribution in [0.1, 0.15) is 25.8 Å². The summed E-state index contributed by atoms with van der Waals surface area (Å²) in [6.07, 6.45) is 0.538. The molecule has 0 aliphatic heterocycles. The zero-order chi connectivity index (χ0) is 11.5. The number of benzene rings is 1. The van der Waals surface area contributed by atoms with Crippen LogP contribution in [0.5, 0.6) is 0 Å². The van der Waals surface area contributed by atoms with E-state index < -0.39 is 11.5 Å². The number of rotatable bonds is 4. The van der Waals surface area contributed by atoms with Gasteiger partial charge in [-0.3, -0.25) is 0 Å². The predicted molar refractivity (Wildman–Crippen MR) is 61.1 cm³/mol. The Bertz CT molecular complexity index is 362. The van der Waals surface area contributed by atoms with Crippen LogP contribution in [0.15, 0.2) is 24.3 Å². The Morgan fingerprint density at radius 2 is 2.20 bits per heavy atom. The molecule has 1 aromatic carbocycles. The second kappa shape index (κ2) is 4.34. The molecule has 1 atom stereocenters. The number of carbonyl (C=O) groups is 1. The minimum absolute atomic E-state index is 0.538.